The van der Waals surface area contributed by atoms with Crippen LogP contribution in [0.4, 0.5) is 16.2 Å². The quantitative estimate of drug-likeness (QED) is 0.752. The van der Waals surface area contributed by atoms with Crippen LogP contribution in [0.1, 0.15) is 18.5 Å². The molecule has 0 bridgehead atoms. The maximum absolute atomic E-state index is 11.9. The summed E-state index contributed by atoms with van der Waals surface area (Å²) in [5.74, 6) is 0. The van der Waals surface area contributed by atoms with Gasteiger partial charge in [0, 0.05) is 5.69 Å². The Hall–Kier alpha value is -2.20. The molecule has 0 saturated carbocycles. The Bertz CT molecular complexity index is 616. The van der Waals surface area contributed by atoms with Crippen molar-refractivity contribution in [1.82, 2.24) is 5.32 Å². The highest BCUT2D eigenvalue weighted by Crippen LogP contribution is 2.22. The lowest BCUT2D eigenvalue weighted by Crippen LogP contribution is -2.31. The van der Waals surface area contributed by atoms with Crippen molar-refractivity contribution in [1.29, 1.82) is 0 Å². The molecule has 0 heterocycles. The molecule has 4 N–H and O–H groups in total. The van der Waals surface area contributed by atoms with Gasteiger partial charge in [-0.1, -0.05) is 41.9 Å². The lowest BCUT2D eigenvalue weighted by Gasteiger charge is -2.17. The van der Waals surface area contributed by atoms with Crippen molar-refractivity contribution in [3.8, 4) is 0 Å². The third-order valence-corrected chi connectivity index (χ3v) is 3.26. The maximum Gasteiger partial charge on any atom is 0.319 e. The van der Waals surface area contributed by atoms with Gasteiger partial charge in [-0.3, -0.25) is 0 Å². The molecule has 0 saturated heterocycles. The number of carbonyl (C=O) groups excluding carboxylic acids is 1. The van der Waals surface area contributed by atoms with Crippen LogP contribution in [-0.4, -0.2) is 6.03 Å². The highest BCUT2D eigenvalue weighted by Gasteiger charge is 2.12. The summed E-state index contributed by atoms with van der Waals surface area (Å²) in [5.41, 5.74) is 7.98. The Balaban J connectivity index is 2.02. The van der Waals surface area contributed by atoms with E-state index in [0.717, 1.165) is 5.56 Å². The number of hydrogen-bond acceptors (Lipinski definition) is 2. The van der Waals surface area contributed by atoms with Crippen molar-refractivity contribution in [3.63, 3.8) is 0 Å². The van der Waals surface area contributed by atoms with Crippen LogP contribution in [0.25, 0.3) is 0 Å². The smallest absolute Gasteiger partial charge is 0.319 e. The van der Waals surface area contributed by atoms with E-state index in [4.69, 9.17) is 17.3 Å². The van der Waals surface area contributed by atoms with Crippen molar-refractivity contribution in [3.05, 3.63) is 59.1 Å². The highest BCUT2D eigenvalue weighted by molar-refractivity contribution is 6.33. The molecule has 0 aliphatic rings. The highest BCUT2D eigenvalue weighted by atomic mass is 35.5. The second kappa shape index (κ2) is 6.30. The molecule has 0 spiro atoms. The van der Waals surface area contributed by atoms with Gasteiger partial charge >= 0.3 is 6.03 Å². The fourth-order valence-corrected chi connectivity index (χ4v) is 2.08. The van der Waals surface area contributed by atoms with E-state index in [1.807, 2.05) is 25.1 Å². The van der Waals surface area contributed by atoms with Gasteiger partial charge in [0.25, 0.3) is 0 Å². The van der Waals surface area contributed by atoms with Crippen LogP contribution in [0.2, 0.25) is 5.02 Å². The number of nitrogen functional groups attached to an aromatic ring is 1. The van der Waals surface area contributed by atoms with Gasteiger partial charge in [-0.05, 0) is 30.7 Å². The molecular formula is C15H16ClN3O. The van der Waals surface area contributed by atoms with Crippen molar-refractivity contribution < 1.29 is 4.79 Å². The lowest BCUT2D eigenvalue weighted by molar-refractivity contribution is 0.249. The largest absolute Gasteiger partial charge is 0.398 e. The molecule has 104 valence electrons. The lowest BCUT2D eigenvalue weighted by atomic mass is 10.1. The standard InChI is InChI=1S/C15H16ClN3O/c1-10(11-6-2-4-8-13(11)17)18-15(20)19-14-9-5-3-7-12(14)16/h2-10H,17H2,1H3,(H2,18,19,20). The summed E-state index contributed by atoms with van der Waals surface area (Å²) >= 11 is 5.98. The summed E-state index contributed by atoms with van der Waals surface area (Å²) in [6.45, 7) is 1.87. The molecule has 0 fully saturated rings. The monoisotopic (exact) mass is 289 g/mol. The van der Waals surface area contributed by atoms with E-state index in [2.05, 4.69) is 10.6 Å². The molecule has 1 atom stereocenters. The van der Waals surface area contributed by atoms with Crippen LogP contribution >= 0.6 is 11.6 Å². The van der Waals surface area contributed by atoms with Gasteiger partial charge in [0.1, 0.15) is 0 Å². The summed E-state index contributed by atoms with van der Waals surface area (Å²) in [6, 6.07) is 14.0. The summed E-state index contributed by atoms with van der Waals surface area (Å²) in [4.78, 5) is 11.9. The molecule has 0 aliphatic carbocycles. The van der Waals surface area contributed by atoms with Crippen LogP contribution in [0.3, 0.4) is 0 Å². The molecule has 0 aliphatic heterocycles. The number of benzene rings is 2. The zero-order valence-electron chi connectivity index (χ0n) is 11.1. The number of para-hydroxylation sites is 2. The van der Waals surface area contributed by atoms with Crippen molar-refractivity contribution >= 4 is 29.0 Å². The maximum atomic E-state index is 11.9. The predicted octanol–water partition coefficient (Wildman–Crippen LogP) is 3.80. The van der Waals surface area contributed by atoms with Gasteiger partial charge in [-0.15, -0.1) is 0 Å². The normalized spacial score (nSPS) is 11.7. The Labute approximate surface area is 122 Å². The minimum Gasteiger partial charge on any atom is -0.398 e. The van der Waals surface area contributed by atoms with E-state index >= 15 is 0 Å². The van der Waals surface area contributed by atoms with Gasteiger partial charge in [0.05, 0.1) is 16.8 Å². The van der Waals surface area contributed by atoms with E-state index in [1.165, 1.54) is 0 Å². The second-order valence-electron chi connectivity index (χ2n) is 4.43. The fourth-order valence-electron chi connectivity index (χ4n) is 1.90. The molecular weight excluding hydrogens is 274 g/mol. The first-order chi connectivity index (χ1) is 9.58. The van der Waals surface area contributed by atoms with E-state index in [-0.39, 0.29) is 12.1 Å². The fraction of sp³-hybridized carbons (Fsp3) is 0.133. The van der Waals surface area contributed by atoms with Crippen LogP contribution in [0, 0.1) is 0 Å². The molecule has 4 nitrogen and oxygen atoms in total. The van der Waals surface area contributed by atoms with E-state index in [0.29, 0.717) is 16.4 Å². The third kappa shape index (κ3) is 3.42. The molecule has 0 aromatic heterocycles. The molecule has 2 amide bonds. The topological polar surface area (TPSA) is 67.2 Å². The minimum atomic E-state index is -0.325. The minimum absolute atomic E-state index is 0.196. The first-order valence-corrected chi connectivity index (χ1v) is 6.62. The zero-order valence-corrected chi connectivity index (χ0v) is 11.8. The average molecular weight is 290 g/mol. The van der Waals surface area contributed by atoms with E-state index < -0.39 is 0 Å². The molecule has 2 aromatic carbocycles. The van der Waals surface area contributed by atoms with Gasteiger partial charge in [0.2, 0.25) is 0 Å². The Morgan fingerprint density at radius 2 is 1.80 bits per heavy atom. The van der Waals surface area contributed by atoms with Crippen molar-refractivity contribution in [2.75, 3.05) is 11.1 Å². The zero-order chi connectivity index (χ0) is 14.5. The van der Waals surface area contributed by atoms with Gasteiger partial charge in [0.15, 0.2) is 0 Å². The average Bonchev–Trinajstić information content (AvgIpc) is 2.41. The van der Waals surface area contributed by atoms with Crippen LogP contribution in [0.15, 0.2) is 48.5 Å². The van der Waals surface area contributed by atoms with Crippen LogP contribution in [0.5, 0.6) is 0 Å². The molecule has 1 unspecified atom stereocenters. The molecule has 5 heteroatoms. The molecule has 0 radical (unpaired) electrons. The number of urea groups is 1. The molecule has 2 aromatic rings. The van der Waals surface area contributed by atoms with Crippen LogP contribution < -0.4 is 16.4 Å². The predicted molar refractivity (Wildman–Crippen MR) is 82.9 cm³/mol. The summed E-state index contributed by atoms with van der Waals surface area (Å²) in [6.07, 6.45) is 0. The summed E-state index contributed by atoms with van der Waals surface area (Å²) in [7, 11) is 0. The first-order valence-electron chi connectivity index (χ1n) is 6.24. The number of hydrogen-bond donors (Lipinski definition) is 3. The Morgan fingerprint density at radius 1 is 1.15 bits per heavy atom. The Kier molecular flexibility index (Phi) is 4.48. The number of carbonyl (C=O) groups is 1. The van der Waals surface area contributed by atoms with Crippen molar-refractivity contribution in [2.24, 2.45) is 0 Å². The summed E-state index contributed by atoms with van der Waals surface area (Å²) < 4.78 is 0. The van der Waals surface area contributed by atoms with Gasteiger partial charge < -0.3 is 16.4 Å². The first kappa shape index (κ1) is 14.2. The number of rotatable bonds is 3. The number of nitrogens with two attached hydrogens (primary N) is 1. The van der Waals surface area contributed by atoms with E-state index in [1.54, 1.807) is 30.3 Å². The van der Waals surface area contributed by atoms with Crippen molar-refractivity contribution in [2.45, 2.75) is 13.0 Å². The third-order valence-electron chi connectivity index (χ3n) is 2.93. The number of amides is 2. The van der Waals surface area contributed by atoms with Gasteiger partial charge in [-0.2, -0.15) is 0 Å². The van der Waals surface area contributed by atoms with E-state index in [9.17, 15) is 4.79 Å². The number of halogens is 1. The number of anilines is 2. The molecule has 20 heavy (non-hydrogen) atoms. The Morgan fingerprint density at radius 3 is 2.50 bits per heavy atom. The van der Waals surface area contributed by atoms with Crippen LogP contribution in [-0.2, 0) is 0 Å². The summed E-state index contributed by atoms with van der Waals surface area (Å²) in [5, 5.41) is 6.03. The SMILES string of the molecule is CC(NC(=O)Nc1ccccc1Cl)c1ccccc1N. The van der Waals surface area contributed by atoms with Gasteiger partial charge in [-0.25, -0.2) is 4.79 Å². The molecule has 2 rings (SSSR count). The second-order valence-corrected chi connectivity index (χ2v) is 4.84. The number of nitrogens with one attached hydrogen (secondary N) is 2.